The molecular formula is C14H20N4O2S. The van der Waals surface area contributed by atoms with Crippen LogP contribution in [-0.4, -0.2) is 36.0 Å². The van der Waals surface area contributed by atoms with Gasteiger partial charge in [-0.3, -0.25) is 10.1 Å². The summed E-state index contributed by atoms with van der Waals surface area (Å²) in [7, 11) is 0. The minimum Gasteiger partial charge on any atom is -0.356 e. The van der Waals surface area contributed by atoms with E-state index >= 15 is 0 Å². The Morgan fingerprint density at radius 3 is 2.71 bits per heavy atom. The van der Waals surface area contributed by atoms with E-state index in [4.69, 9.17) is 0 Å². The van der Waals surface area contributed by atoms with Gasteiger partial charge in [0, 0.05) is 31.0 Å². The third-order valence-electron chi connectivity index (χ3n) is 2.58. The van der Waals surface area contributed by atoms with Gasteiger partial charge in [-0.2, -0.15) is 11.8 Å². The lowest BCUT2D eigenvalue weighted by molar-refractivity contribution is -0.384. The smallest absolute Gasteiger partial charge is 0.269 e. The SMILES string of the molecule is C=CCNC(=NCc1ccc([N+](=O)[O-])cc1)NCCSC. The summed E-state index contributed by atoms with van der Waals surface area (Å²) in [5.74, 6) is 1.70. The van der Waals surface area contributed by atoms with Crippen LogP contribution >= 0.6 is 11.8 Å². The first-order valence-corrected chi connectivity index (χ1v) is 7.92. The Morgan fingerprint density at radius 1 is 1.43 bits per heavy atom. The number of nitrogens with zero attached hydrogens (tertiary/aromatic N) is 2. The summed E-state index contributed by atoms with van der Waals surface area (Å²) >= 11 is 1.76. The predicted octanol–water partition coefficient (Wildman–Crippen LogP) is 2.18. The van der Waals surface area contributed by atoms with Crippen LogP contribution in [0.15, 0.2) is 41.9 Å². The Labute approximate surface area is 128 Å². The van der Waals surface area contributed by atoms with E-state index in [0.29, 0.717) is 19.0 Å². The standard InChI is InChI=1S/C14H20N4O2S/c1-3-8-15-14(16-9-10-21-2)17-11-12-4-6-13(7-5-12)18(19)20/h3-7H,1,8-11H2,2H3,(H2,15,16,17). The lowest BCUT2D eigenvalue weighted by atomic mass is 10.2. The van der Waals surface area contributed by atoms with Crippen molar-refractivity contribution in [1.29, 1.82) is 0 Å². The minimum absolute atomic E-state index is 0.0887. The molecule has 1 aromatic rings. The summed E-state index contributed by atoms with van der Waals surface area (Å²) in [5, 5.41) is 16.9. The summed E-state index contributed by atoms with van der Waals surface area (Å²) in [6.45, 7) is 5.58. The Bertz CT molecular complexity index is 488. The first-order chi connectivity index (χ1) is 10.2. The van der Waals surface area contributed by atoms with E-state index in [2.05, 4.69) is 22.2 Å². The highest BCUT2D eigenvalue weighted by Gasteiger charge is 2.03. The van der Waals surface area contributed by atoms with Crippen molar-refractivity contribution >= 4 is 23.4 Å². The lowest BCUT2D eigenvalue weighted by Gasteiger charge is -2.10. The van der Waals surface area contributed by atoms with Crippen LogP contribution < -0.4 is 10.6 Å². The van der Waals surface area contributed by atoms with E-state index in [-0.39, 0.29) is 5.69 Å². The van der Waals surface area contributed by atoms with E-state index in [1.165, 1.54) is 12.1 Å². The zero-order valence-electron chi connectivity index (χ0n) is 12.0. The maximum atomic E-state index is 10.6. The highest BCUT2D eigenvalue weighted by atomic mass is 32.2. The maximum Gasteiger partial charge on any atom is 0.269 e. The van der Waals surface area contributed by atoms with Crippen LogP contribution in [0.25, 0.3) is 0 Å². The molecule has 7 heteroatoms. The molecule has 0 amide bonds. The van der Waals surface area contributed by atoms with Gasteiger partial charge < -0.3 is 10.6 Å². The number of benzene rings is 1. The van der Waals surface area contributed by atoms with Crippen molar-refractivity contribution < 1.29 is 4.92 Å². The Morgan fingerprint density at radius 2 is 2.14 bits per heavy atom. The van der Waals surface area contributed by atoms with Crippen molar-refractivity contribution in [2.45, 2.75) is 6.54 Å². The molecule has 0 atom stereocenters. The van der Waals surface area contributed by atoms with Crippen molar-refractivity contribution in [3.05, 3.63) is 52.6 Å². The Kier molecular flexibility index (Phi) is 7.96. The zero-order valence-corrected chi connectivity index (χ0v) is 12.9. The number of nitro benzene ring substituents is 1. The molecule has 21 heavy (non-hydrogen) atoms. The van der Waals surface area contributed by atoms with Gasteiger partial charge in [0.05, 0.1) is 11.5 Å². The molecule has 0 saturated heterocycles. The van der Waals surface area contributed by atoms with Gasteiger partial charge >= 0.3 is 0 Å². The first kappa shape index (κ1) is 17.0. The fourth-order valence-corrected chi connectivity index (χ4v) is 1.81. The molecule has 0 aliphatic carbocycles. The van der Waals surface area contributed by atoms with Gasteiger partial charge in [0.1, 0.15) is 0 Å². The fraction of sp³-hybridized carbons (Fsp3) is 0.357. The van der Waals surface area contributed by atoms with E-state index in [0.717, 1.165) is 17.9 Å². The zero-order chi connectivity index (χ0) is 15.5. The van der Waals surface area contributed by atoms with Crippen LogP contribution in [-0.2, 0) is 6.54 Å². The highest BCUT2D eigenvalue weighted by molar-refractivity contribution is 7.98. The average molecular weight is 308 g/mol. The Balaban J connectivity index is 2.61. The number of rotatable bonds is 8. The Hall–Kier alpha value is -2.02. The molecule has 0 radical (unpaired) electrons. The molecule has 114 valence electrons. The molecule has 0 fully saturated rings. The molecule has 1 rings (SSSR count). The number of nitrogens with one attached hydrogen (secondary N) is 2. The quantitative estimate of drug-likeness (QED) is 0.192. The molecular weight excluding hydrogens is 288 g/mol. The highest BCUT2D eigenvalue weighted by Crippen LogP contribution is 2.12. The van der Waals surface area contributed by atoms with E-state index < -0.39 is 4.92 Å². The number of thioether (sulfide) groups is 1. The number of hydrogen-bond acceptors (Lipinski definition) is 4. The lowest BCUT2D eigenvalue weighted by Crippen LogP contribution is -2.38. The summed E-state index contributed by atoms with van der Waals surface area (Å²) in [6.07, 6.45) is 3.81. The summed E-state index contributed by atoms with van der Waals surface area (Å²) in [5.41, 5.74) is 1.01. The van der Waals surface area contributed by atoms with E-state index in [9.17, 15) is 10.1 Å². The van der Waals surface area contributed by atoms with Gasteiger partial charge in [0.25, 0.3) is 5.69 Å². The van der Waals surface area contributed by atoms with Crippen LogP contribution in [0.5, 0.6) is 0 Å². The van der Waals surface area contributed by atoms with Crippen LogP contribution in [0.3, 0.4) is 0 Å². The maximum absolute atomic E-state index is 10.6. The predicted molar refractivity (Wildman–Crippen MR) is 88.8 cm³/mol. The van der Waals surface area contributed by atoms with Gasteiger partial charge in [-0.15, -0.1) is 6.58 Å². The molecule has 0 bridgehead atoms. The second-order valence-corrected chi connectivity index (χ2v) is 5.16. The van der Waals surface area contributed by atoms with Gasteiger partial charge in [0.2, 0.25) is 0 Å². The minimum atomic E-state index is -0.409. The number of nitro groups is 1. The number of guanidine groups is 1. The van der Waals surface area contributed by atoms with Crippen LogP contribution in [0.4, 0.5) is 5.69 Å². The second-order valence-electron chi connectivity index (χ2n) is 4.18. The molecule has 0 unspecified atom stereocenters. The molecule has 1 aromatic carbocycles. The third-order valence-corrected chi connectivity index (χ3v) is 3.19. The van der Waals surface area contributed by atoms with Gasteiger partial charge in [0.15, 0.2) is 5.96 Å². The molecule has 0 aromatic heterocycles. The van der Waals surface area contributed by atoms with Crippen LogP contribution in [0.2, 0.25) is 0 Å². The van der Waals surface area contributed by atoms with Crippen molar-refractivity contribution in [2.75, 3.05) is 25.1 Å². The fourth-order valence-electron chi connectivity index (χ4n) is 1.51. The molecule has 0 spiro atoms. The van der Waals surface area contributed by atoms with Gasteiger partial charge in [-0.05, 0) is 11.8 Å². The van der Waals surface area contributed by atoms with Crippen LogP contribution in [0, 0.1) is 10.1 Å². The largest absolute Gasteiger partial charge is 0.356 e. The van der Waals surface area contributed by atoms with Crippen molar-refractivity contribution in [2.24, 2.45) is 4.99 Å². The monoisotopic (exact) mass is 308 g/mol. The van der Waals surface area contributed by atoms with Gasteiger partial charge in [-0.25, -0.2) is 4.99 Å². The van der Waals surface area contributed by atoms with Crippen molar-refractivity contribution in [3.8, 4) is 0 Å². The molecule has 0 saturated carbocycles. The molecule has 0 aliphatic heterocycles. The van der Waals surface area contributed by atoms with Crippen LogP contribution in [0.1, 0.15) is 5.56 Å². The number of aliphatic imine (C=N–C) groups is 1. The van der Waals surface area contributed by atoms with Crippen molar-refractivity contribution in [1.82, 2.24) is 10.6 Å². The first-order valence-electron chi connectivity index (χ1n) is 6.52. The number of hydrogen-bond donors (Lipinski definition) is 2. The molecule has 0 heterocycles. The number of non-ortho nitro benzene ring substituents is 1. The summed E-state index contributed by atoms with van der Waals surface area (Å²) in [6, 6.07) is 6.41. The molecule has 6 nitrogen and oxygen atoms in total. The molecule has 0 aliphatic rings. The van der Waals surface area contributed by atoms with E-state index in [1.807, 2.05) is 6.26 Å². The second kappa shape index (κ2) is 9.82. The topological polar surface area (TPSA) is 79.6 Å². The molecule has 2 N–H and O–H groups in total. The summed E-state index contributed by atoms with van der Waals surface area (Å²) in [4.78, 5) is 14.6. The summed E-state index contributed by atoms with van der Waals surface area (Å²) < 4.78 is 0. The van der Waals surface area contributed by atoms with Crippen molar-refractivity contribution in [3.63, 3.8) is 0 Å². The van der Waals surface area contributed by atoms with E-state index in [1.54, 1.807) is 30.0 Å². The third kappa shape index (κ3) is 6.80. The normalized spacial score (nSPS) is 11.0. The average Bonchev–Trinajstić information content (AvgIpc) is 2.50. The van der Waals surface area contributed by atoms with Gasteiger partial charge in [-0.1, -0.05) is 18.2 Å².